The number of amides is 2. The molecule has 3 heterocycles. The number of piperidine rings is 1. The maximum Gasteiger partial charge on any atom is 0.274 e. The van der Waals surface area contributed by atoms with Gasteiger partial charge in [0.05, 0.1) is 25.2 Å². The fourth-order valence-corrected chi connectivity index (χ4v) is 4.18. The van der Waals surface area contributed by atoms with Gasteiger partial charge < -0.3 is 19.5 Å². The molecule has 32 heavy (non-hydrogen) atoms. The van der Waals surface area contributed by atoms with E-state index in [4.69, 9.17) is 4.74 Å². The summed E-state index contributed by atoms with van der Waals surface area (Å²) in [5.74, 6) is -0.379. The largest absolute Gasteiger partial charge is 0.365 e. The van der Waals surface area contributed by atoms with Crippen LogP contribution in [0.4, 0.5) is 4.39 Å². The molecule has 0 radical (unpaired) electrons. The SMILES string of the molecule is CC(C)(C)CNC(=O)C1CCN(C(=O)c2ncn3c2CO[C@@H](c2ccc(F)cc2)C3)CC1. The molecule has 0 unspecified atom stereocenters. The monoisotopic (exact) mass is 442 g/mol. The van der Waals surface area contributed by atoms with E-state index >= 15 is 0 Å². The fourth-order valence-electron chi connectivity index (χ4n) is 4.18. The minimum Gasteiger partial charge on any atom is -0.365 e. The van der Waals surface area contributed by atoms with E-state index in [1.54, 1.807) is 23.4 Å². The van der Waals surface area contributed by atoms with Gasteiger partial charge in [0.15, 0.2) is 5.69 Å². The average Bonchev–Trinajstić information content (AvgIpc) is 3.20. The number of aromatic nitrogens is 2. The van der Waals surface area contributed by atoms with Crippen molar-refractivity contribution >= 4 is 11.8 Å². The molecule has 1 saturated heterocycles. The number of rotatable bonds is 4. The first-order valence-corrected chi connectivity index (χ1v) is 11.2. The molecule has 1 atom stereocenters. The van der Waals surface area contributed by atoms with Crippen LogP contribution in [0.15, 0.2) is 30.6 Å². The van der Waals surface area contributed by atoms with Gasteiger partial charge in [0.1, 0.15) is 11.9 Å². The maximum atomic E-state index is 13.2. The summed E-state index contributed by atoms with van der Waals surface area (Å²) in [7, 11) is 0. The zero-order valence-corrected chi connectivity index (χ0v) is 18.9. The molecule has 0 saturated carbocycles. The normalized spacial score (nSPS) is 19.5. The highest BCUT2D eigenvalue weighted by Crippen LogP contribution is 2.29. The molecule has 4 rings (SSSR count). The molecule has 8 heteroatoms. The number of carbonyl (C=O) groups is 2. The van der Waals surface area contributed by atoms with E-state index in [0.29, 0.717) is 44.7 Å². The second-order valence-corrected chi connectivity index (χ2v) is 9.89. The number of imidazole rings is 1. The second kappa shape index (κ2) is 9.02. The first-order valence-electron chi connectivity index (χ1n) is 11.2. The third kappa shape index (κ3) is 5.01. The molecule has 1 aromatic carbocycles. The highest BCUT2D eigenvalue weighted by molar-refractivity contribution is 5.93. The topological polar surface area (TPSA) is 76.5 Å². The van der Waals surface area contributed by atoms with E-state index < -0.39 is 0 Å². The van der Waals surface area contributed by atoms with Gasteiger partial charge in [0, 0.05) is 25.6 Å². The van der Waals surface area contributed by atoms with Gasteiger partial charge >= 0.3 is 0 Å². The molecule has 1 fully saturated rings. The molecule has 2 aliphatic heterocycles. The van der Waals surface area contributed by atoms with Crippen LogP contribution in [0.1, 0.15) is 61.5 Å². The lowest BCUT2D eigenvalue weighted by Crippen LogP contribution is -2.44. The van der Waals surface area contributed by atoms with Crippen molar-refractivity contribution in [1.29, 1.82) is 0 Å². The molecule has 7 nitrogen and oxygen atoms in total. The number of ether oxygens (including phenoxy) is 1. The Hall–Kier alpha value is -2.74. The zero-order chi connectivity index (χ0) is 22.9. The van der Waals surface area contributed by atoms with Crippen LogP contribution in [0.3, 0.4) is 0 Å². The van der Waals surface area contributed by atoms with Crippen molar-refractivity contribution in [3.8, 4) is 0 Å². The highest BCUT2D eigenvalue weighted by Gasteiger charge is 2.32. The Bertz CT molecular complexity index is 972. The quantitative estimate of drug-likeness (QED) is 0.788. The lowest BCUT2D eigenvalue weighted by Gasteiger charge is -2.32. The van der Waals surface area contributed by atoms with Gasteiger partial charge in [-0.2, -0.15) is 0 Å². The number of benzene rings is 1. The molecule has 1 N–H and O–H groups in total. The summed E-state index contributed by atoms with van der Waals surface area (Å²) in [6.45, 7) is 8.79. The van der Waals surface area contributed by atoms with Crippen LogP contribution in [0.2, 0.25) is 0 Å². The van der Waals surface area contributed by atoms with Crippen molar-refractivity contribution in [3.05, 3.63) is 53.4 Å². The van der Waals surface area contributed by atoms with E-state index in [-0.39, 0.29) is 41.7 Å². The van der Waals surface area contributed by atoms with Gasteiger partial charge in [-0.05, 0) is 36.0 Å². The smallest absolute Gasteiger partial charge is 0.274 e. The Morgan fingerprint density at radius 2 is 1.88 bits per heavy atom. The predicted octanol–water partition coefficient (Wildman–Crippen LogP) is 3.31. The number of fused-ring (bicyclic) bond motifs is 1. The lowest BCUT2D eigenvalue weighted by molar-refractivity contribution is -0.126. The molecule has 2 amide bonds. The van der Waals surface area contributed by atoms with Crippen LogP contribution in [-0.4, -0.2) is 45.9 Å². The summed E-state index contributed by atoms with van der Waals surface area (Å²) in [6, 6.07) is 6.28. The standard InChI is InChI=1S/C24H31FN4O3/c1-24(2,3)14-26-22(30)17-8-10-28(11-9-17)23(31)21-19-13-32-20(12-29(19)15-27-21)16-4-6-18(25)7-5-16/h4-7,15,17,20H,8-14H2,1-3H3,(H,26,30)/t20-/m1/s1. The van der Waals surface area contributed by atoms with Crippen LogP contribution in [0.25, 0.3) is 0 Å². The molecule has 2 aliphatic rings. The van der Waals surface area contributed by atoms with Gasteiger partial charge in [0.25, 0.3) is 5.91 Å². The third-order valence-corrected chi connectivity index (χ3v) is 6.12. The van der Waals surface area contributed by atoms with Crippen LogP contribution in [0, 0.1) is 17.2 Å². The zero-order valence-electron chi connectivity index (χ0n) is 18.9. The van der Waals surface area contributed by atoms with Crippen molar-refractivity contribution in [2.45, 2.75) is 52.9 Å². The second-order valence-electron chi connectivity index (χ2n) is 9.89. The van der Waals surface area contributed by atoms with Crippen LogP contribution in [0.5, 0.6) is 0 Å². The summed E-state index contributed by atoms with van der Waals surface area (Å²) in [4.78, 5) is 31.7. The molecular formula is C24H31FN4O3. The van der Waals surface area contributed by atoms with Crippen molar-refractivity contribution in [2.24, 2.45) is 11.3 Å². The molecular weight excluding hydrogens is 411 g/mol. The van der Waals surface area contributed by atoms with Crippen LogP contribution >= 0.6 is 0 Å². The fraction of sp³-hybridized carbons (Fsp3) is 0.542. The summed E-state index contributed by atoms with van der Waals surface area (Å²) in [5, 5.41) is 3.03. The van der Waals surface area contributed by atoms with Crippen molar-refractivity contribution in [2.75, 3.05) is 19.6 Å². The van der Waals surface area contributed by atoms with Crippen molar-refractivity contribution in [3.63, 3.8) is 0 Å². The average molecular weight is 443 g/mol. The number of likely N-dealkylation sites (tertiary alicyclic amines) is 1. The summed E-state index contributed by atoms with van der Waals surface area (Å²) >= 11 is 0. The lowest BCUT2D eigenvalue weighted by atomic mass is 9.93. The summed E-state index contributed by atoms with van der Waals surface area (Å²) in [6.07, 6.45) is 2.78. The predicted molar refractivity (Wildman–Crippen MR) is 117 cm³/mol. The van der Waals surface area contributed by atoms with Crippen molar-refractivity contribution in [1.82, 2.24) is 19.8 Å². The third-order valence-electron chi connectivity index (χ3n) is 6.12. The molecule has 0 spiro atoms. The Kier molecular flexibility index (Phi) is 6.33. The molecule has 2 aromatic rings. The van der Waals surface area contributed by atoms with Gasteiger partial charge in [0.2, 0.25) is 5.91 Å². The molecule has 0 aliphatic carbocycles. The number of hydrogen-bond donors (Lipinski definition) is 1. The van der Waals surface area contributed by atoms with Gasteiger partial charge in [-0.1, -0.05) is 32.9 Å². The van der Waals surface area contributed by atoms with Gasteiger partial charge in [-0.25, -0.2) is 9.37 Å². The number of nitrogens with zero attached hydrogens (tertiary/aromatic N) is 3. The minimum absolute atomic E-state index is 0.0460. The van der Waals surface area contributed by atoms with E-state index in [0.717, 1.165) is 11.3 Å². The molecule has 0 bridgehead atoms. The highest BCUT2D eigenvalue weighted by atomic mass is 19.1. The Balaban J connectivity index is 1.35. The van der Waals surface area contributed by atoms with E-state index in [2.05, 4.69) is 31.1 Å². The number of nitrogens with one attached hydrogen (secondary N) is 1. The molecule has 172 valence electrons. The Morgan fingerprint density at radius 1 is 1.19 bits per heavy atom. The minimum atomic E-state index is -0.281. The first-order chi connectivity index (χ1) is 15.2. The first kappa shape index (κ1) is 22.5. The molecule has 1 aromatic heterocycles. The van der Waals surface area contributed by atoms with Crippen LogP contribution in [-0.2, 0) is 22.7 Å². The van der Waals surface area contributed by atoms with E-state index in [1.165, 1.54) is 12.1 Å². The van der Waals surface area contributed by atoms with Crippen LogP contribution < -0.4 is 5.32 Å². The van der Waals surface area contributed by atoms with E-state index in [1.807, 2.05) is 4.57 Å². The van der Waals surface area contributed by atoms with Gasteiger partial charge in [-0.15, -0.1) is 0 Å². The summed E-state index contributed by atoms with van der Waals surface area (Å²) < 4.78 is 21.1. The van der Waals surface area contributed by atoms with Crippen molar-refractivity contribution < 1.29 is 18.7 Å². The Morgan fingerprint density at radius 3 is 2.53 bits per heavy atom. The summed E-state index contributed by atoms with van der Waals surface area (Å²) in [5.41, 5.74) is 2.12. The number of hydrogen-bond acceptors (Lipinski definition) is 4. The van der Waals surface area contributed by atoms with Gasteiger partial charge in [-0.3, -0.25) is 9.59 Å². The van der Waals surface area contributed by atoms with E-state index in [9.17, 15) is 14.0 Å². The Labute approximate surface area is 188 Å². The maximum absolute atomic E-state index is 13.2. The number of halogens is 1. The number of carbonyl (C=O) groups excluding carboxylic acids is 2.